The van der Waals surface area contributed by atoms with E-state index in [4.69, 9.17) is 11.6 Å². The molecule has 1 aromatic rings. The van der Waals surface area contributed by atoms with Crippen molar-refractivity contribution in [2.24, 2.45) is 5.41 Å². The van der Waals surface area contributed by atoms with E-state index in [2.05, 4.69) is 17.0 Å². The van der Waals surface area contributed by atoms with Gasteiger partial charge < -0.3 is 5.32 Å². The first-order valence-corrected chi connectivity index (χ1v) is 8.24. The highest BCUT2D eigenvalue weighted by Crippen LogP contribution is 2.28. The van der Waals surface area contributed by atoms with Crippen LogP contribution in [0.4, 0.5) is 0 Å². The van der Waals surface area contributed by atoms with Gasteiger partial charge in [-0.1, -0.05) is 30.7 Å². The minimum atomic E-state index is -3.53. The fourth-order valence-corrected chi connectivity index (χ4v) is 3.93. The lowest BCUT2D eigenvalue weighted by Crippen LogP contribution is -2.42. The fraction of sp³-hybridized carbons (Fsp3) is 0.538. The second kappa shape index (κ2) is 5.79. The average molecular weight is 303 g/mol. The molecule has 0 aromatic heterocycles. The van der Waals surface area contributed by atoms with Gasteiger partial charge in [-0.05, 0) is 43.5 Å². The van der Waals surface area contributed by atoms with Crippen molar-refractivity contribution in [1.82, 2.24) is 10.0 Å². The average Bonchev–Trinajstić information content (AvgIpc) is 2.38. The number of rotatable bonds is 4. The van der Waals surface area contributed by atoms with Crippen LogP contribution >= 0.6 is 11.6 Å². The highest BCUT2D eigenvalue weighted by Gasteiger charge is 2.29. The number of halogens is 1. The number of hydrogen-bond donors (Lipinski definition) is 2. The molecule has 0 unspecified atom stereocenters. The monoisotopic (exact) mass is 302 g/mol. The van der Waals surface area contributed by atoms with Crippen LogP contribution in [0.3, 0.4) is 0 Å². The van der Waals surface area contributed by atoms with Crippen molar-refractivity contribution in [1.29, 1.82) is 0 Å². The summed E-state index contributed by atoms with van der Waals surface area (Å²) in [6.07, 6.45) is 1.94. The van der Waals surface area contributed by atoms with Gasteiger partial charge in [-0.3, -0.25) is 0 Å². The van der Waals surface area contributed by atoms with Gasteiger partial charge >= 0.3 is 0 Å². The van der Waals surface area contributed by atoms with E-state index in [0.717, 1.165) is 25.9 Å². The van der Waals surface area contributed by atoms with Crippen LogP contribution in [0, 0.1) is 5.41 Å². The van der Waals surface area contributed by atoms with Crippen LogP contribution < -0.4 is 10.0 Å². The molecule has 0 aliphatic carbocycles. The van der Waals surface area contributed by atoms with Crippen LogP contribution in [0.15, 0.2) is 29.2 Å². The minimum Gasteiger partial charge on any atom is -0.317 e. The molecule has 1 aliphatic heterocycles. The van der Waals surface area contributed by atoms with Gasteiger partial charge in [0.15, 0.2) is 0 Å². The van der Waals surface area contributed by atoms with Crippen molar-refractivity contribution in [3.8, 4) is 0 Å². The lowest BCUT2D eigenvalue weighted by molar-refractivity contribution is 0.232. The molecule has 1 heterocycles. The third-order valence-corrected chi connectivity index (χ3v) is 5.53. The second-order valence-electron chi connectivity index (χ2n) is 5.32. The summed E-state index contributed by atoms with van der Waals surface area (Å²) in [7, 11) is -3.53. The van der Waals surface area contributed by atoms with Crippen molar-refractivity contribution in [2.75, 3.05) is 19.6 Å². The molecule has 2 rings (SSSR count). The molecule has 0 spiro atoms. The van der Waals surface area contributed by atoms with Crippen LogP contribution in [0.1, 0.15) is 19.8 Å². The molecule has 0 saturated carbocycles. The molecular weight excluding hydrogens is 284 g/mol. The quantitative estimate of drug-likeness (QED) is 0.894. The molecular formula is C13H19ClN2O2S. The van der Waals surface area contributed by atoms with Crippen molar-refractivity contribution in [2.45, 2.75) is 24.7 Å². The predicted octanol–water partition coefficient (Wildman–Crippen LogP) is 2.01. The zero-order chi connectivity index (χ0) is 13.9. The maximum atomic E-state index is 12.2. The molecule has 1 aromatic carbocycles. The highest BCUT2D eigenvalue weighted by atomic mass is 35.5. The van der Waals surface area contributed by atoms with Crippen LogP contribution in [0.25, 0.3) is 0 Å². The standard InChI is InChI=1S/C13H19ClN2O2S/c1-13(6-8-15-9-7-13)10-16-19(17,18)12-5-3-2-4-11(12)14/h2-5,15-16H,6-10H2,1H3. The summed E-state index contributed by atoms with van der Waals surface area (Å²) in [5.41, 5.74) is 0.0135. The molecule has 0 amide bonds. The van der Waals surface area contributed by atoms with Gasteiger partial charge in [0.05, 0.1) is 5.02 Å². The van der Waals surface area contributed by atoms with Crippen LogP contribution in [0.5, 0.6) is 0 Å². The Morgan fingerprint density at radius 2 is 1.95 bits per heavy atom. The molecule has 2 N–H and O–H groups in total. The molecule has 106 valence electrons. The smallest absolute Gasteiger partial charge is 0.242 e. The summed E-state index contributed by atoms with van der Waals surface area (Å²) >= 11 is 5.94. The Labute approximate surface area is 119 Å². The molecule has 0 bridgehead atoms. The van der Waals surface area contributed by atoms with Gasteiger partial charge in [0.2, 0.25) is 10.0 Å². The summed E-state index contributed by atoms with van der Waals surface area (Å²) in [6, 6.07) is 6.50. The van der Waals surface area contributed by atoms with Gasteiger partial charge in [0.25, 0.3) is 0 Å². The van der Waals surface area contributed by atoms with E-state index >= 15 is 0 Å². The van der Waals surface area contributed by atoms with Gasteiger partial charge in [-0.25, -0.2) is 13.1 Å². The van der Waals surface area contributed by atoms with E-state index in [9.17, 15) is 8.42 Å². The largest absolute Gasteiger partial charge is 0.317 e. The van der Waals surface area contributed by atoms with E-state index in [-0.39, 0.29) is 15.3 Å². The maximum Gasteiger partial charge on any atom is 0.242 e. The fourth-order valence-electron chi connectivity index (χ4n) is 2.22. The summed E-state index contributed by atoms with van der Waals surface area (Å²) in [5.74, 6) is 0. The number of piperidine rings is 1. The Morgan fingerprint density at radius 3 is 2.58 bits per heavy atom. The van der Waals surface area contributed by atoms with Crippen molar-refractivity contribution in [3.05, 3.63) is 29.3 Å². The molecule has 1 saturated heterocycles. The van der Waals surface area contributed by atoms with Gasteiger partial charge in [-0.15, -0.1) is 0 Å². The summed E-state index contributed by atoms with van der Waals surface area (Å²) in [6.45, 7) is 4.43. The normalized spacial score (nSPS) is 19.3. The van der Waals surface area contributed by atoms with Crippen molar-refractivity contribution in [3.63, 3.8) is 0 Å². The third-order valence-electron chi connectivity index (χ3n) is 3.63. The number of sulfonamides is 1. The van der Waals surface area contributed by atoms with E-state index in [0.29, 0.717) is 6.54 Å². The molecule has 1 fully saturated rings. The minimum absolute atomic E-state index is 0.0135. The maximum absolute atomic E-state index is 12.2. The van der Waals surface area contributed by atoms with E-state index in [1.165, 1.54) is 6.07 Å². The summed E-state index contributed by atoms with van der Waals surface area (Å²) in [5, 5.41) is 3.53. The lowest BCUT2D eigenvalue weighted by Gasteiger charge is -2.34. The highest BCUT2D eigenvalue weighted by molar-refractivity contribution is 7.89. The lowest BCUT2D eigenvalue weighted by atomic mass is 9.81. The Bertz CT molecular complexity index is 539. The molecule has 6 heteroatoms. The number of benzene rings is 1. The first kappa shape index (κ1) is 14.8. The number of hydrogen-bond acceptors (Lipinski definition) is 3. The van der Waals surface area contributed by atoms with Crippen molar-refractivity contribution >= 4 is 21.6 Å². The van der Waals surface area contributed by atoms with E-state index in [1.807, 2.05) is 0 Å². The van der Waals surface area contributed by atoms with Crippen molar-refractivity contribution < 1.29 is 8.42 Å². The Kier molecular flexibility index (Phi) is 4.50. The Hall–Kier alpha value is -0.620. The Morgan fingerprint density at radius 1 is 1.32 bits per heavy atom. The van der Waals surface area contributed by atoms with E-state index < -0.39 is 10.0 Å². The molecule has 4 nitrogen and oxygen atoms in total. The van der Waals surface area contributed by atoms with Gasteiger partial charge in [0.1, 0.15) is 4.90 Å². The van der Waals surface area contributed by atoms with Gasteiger partial charge in [0, 0.05) is 6.54 Å². The number of nitrogens with one attached hydrogen (secondary N) is 2. The molecule has 1 aliphatic rings. The first-order chi connectivity index (χ1) is 8.93. The molecule has 19 heavy (non-hydrogen) atoms. The first-order valence-electron chi connectivity index (χ1n) is 6.38. The van der Waals surface area contributed by atoms with Crippen LogP contribution in [-0.2, 0) is 10.0 Å². The van der Waals surface area contributed by atoms with Crippen LogP contribution in [0.2, 0.25) is 5.02 Å². The summed E-state index contributed by atoms with van der Waals surface area (Å²) in [4.78, 5) is 0.147. The SMILES string of the molecule is CC1(CNS(=O)(=O)c2ccccc2Cl)CCNCC1. The summed E-state index contributed by atoms with van der Waals surface area (Å²) < 4.78 is 27.1. The predicted molar refractivity (Wildman–Crippen MR) is 76.9 cm³/mol. The van der Waals surface area contributed by atoms with Crippen LogP contribution in [-0.4, -0.2) is 28.1 Å². The van der Waals surface area contributed by atoms with E-state index in [1.54, 1.807) is 18.2 Å². The van der Waals surface area contributed by atoms with Gasteiger partial charge in [-0.2, -0.15) is 0 Å². The second-order valence-corrected chi connectivity index (χ2v) is 7.46. The zero-order valence-electron chi connectivity index (χ0n) is 10.9. The Balaban J connectivity index is 2.08. The third kappa shape index (κ3) is 3.69. The zero-order valence-corrected chi connectivity index (χ0v) is 12.5. The molecule has 0 atom stereocenters. The molecule has 0 radical (unpaired) electrons. The topological polar surface area (TPSA) is 58.2 Å².